The molecule has 0 unspecified atom stereocenters. The number of aryl methyl sites for hydroxylation is 2. The van der Waals surface area contributed by atoms with E-state index in [9.17, 15) is 4.79 Å². The van der Waals surface area contributed by atoms with Crippen molar-refractivity contribution in [1.29, 1.82) is 0 Å². The Kier molecular flexibility index (Phi) is 4.10. The van der Waals surface area contributed by atoms with Crippen molar-refractivity contribution in [3.63, 3.8) is 0 Å². The maximum absolute atomic E-state index is 12.3. The van der Waals surface area contributed by atoms with Gasteiger partial charge in [-0.2, -0.15) is 0 Å². The minimum absolute atomic E-state index is 0.177. The topological polar surface area (TPSA) is 92.9 Å². The Morgan fingerprint density at radius 1 is 1.04 bits per heavy atom. The monoisotopic (exact) mass is 365 g/mol. The third kappa shape index (κ3) is 3.27. The molecule has 26 heavy (non-hydrogen) atoms. The van der Waals surface area contributed by atoms with Gasteiger partial charge in [0.05, 0.1) is 10.2 Å². The van der Waals surface area contributed by atoms with Gasteiger partial charge in [0.25, 0.3) is 0 Å². The summed E-state index contributed by atoms with van der Waals surface area (Å²) in [6, 6.07) is 13.0. The zero-order valence-corrected chi connectivity index (χ0v) is 14.9. The van der Waals surface area contributed by atoms with Gasteiger partial charge in [0.1, 0.15) is 0 Å². The number of nitrogens with zero attached hydrogens (tertiary/aromatic N) is 3. The Bertz CT molecular complexity index is 1050. The SMILES string of the molecule is Cc1cc(C)nc(NNC(=O)c2ccc(-c3nc4ccccc4s3)o2)n1. The quantitative estimate of drug-likeness (QED) is 0.536. The predicted molar refractivity (Wildman–Crippen MR) is 99.9 cm³/mol. The number of nitrogens with one attached hydrogen (secondary N) is 2. The summed E-state index contributed by atoms with van der Waals surface area (Å²) in [6.07, 6.45) is 0. The second kappa shape index (κ2) is 6.57. The van der Waals surface area contributed by atoms with E-state index in [1.165, 1.54) is 11.3 Å². The van der Waals surface area contributed by atoms with Crippen LogP contribution in [0.4, 0.5) is 5.95 Å². The number of rotatable bonds is 4. The van der Waals surface area contributed by atoms with Crippen LogP contribution in [0.25, 0.3) is 21.0 Å². The number of para-hydroxylation sites is 1. The summed E-state index contributed by atoms with van der Waals surface area (Å²) in [6.45, 7) is 3.72. The number of benzene rings is 1. The lowest BCUT2D eigenvalue weighted by molar-refractivity contribution is 0.0935. The van der Waals surface area contributed by atoms with Gasteiger partial charge in [0.2, 0.25) is 5.95 Å². The first-order valence-electron chi connectivity index (χ1n) is 7.93. The van der Waals surface area contributed by atoms with Crippen LogP contribution >= 0.6 is 11.3 Å². The van der Waals surface area contributed by atoms with Crippen LogP contribution in [0.3, 0.4) is 0 Å². The second-order valence-electron chi connectivity index (χ2n) is 5.70. The van der Waals surface area contributed by atoms with Crippen molar-refractivity contribution in [2.75, 3.05) is 5.43 Å². The Labute approximate surface area is 153 Å². The molecule has 3 heterocycles. The van der Waals surface area contributed by atoms with Gasteiger partial charge in [-0.1, -0.05) is 12.1 Å². The van der Waals surface area contributed by atoms with Gasteiger partial charge in [-0.3, -0.25) is 15.6 Å². The van der Waals surface area contributed by atoms with Gasteiger partial charge < -0.3 is 4.42 Å². The molecule has 0 aliphatic carbocycles. The number of carbonyl (C=O) groups excluding carboxylic acids is 1. The van der Waals surface area contributed by atoms with Crippen LogP contribution in [0.15, 0.2) is 46.9 Å². The molecule has 0 spiro atoms. The zero-order chi connectivity index (χ0) is 18.1. The van der Waals surface area contributed by atoms with Crippen LogP contribution in [0, 0.1) is 13.8 Å². The molecule has 0 saturated carbocycles. The minimum atomic E-state index is -0.417. The number of carbonyl (C=O) groups is 1. The molecule has 7 nitrogen and oxygen atoms in total. The highest BCUT2D eigenvalue weighted by Gasteiger charge is 2.15. The number of furan rings is 1. The van der Waals surface area contributed by atoms with Gasteiger partial charge in [-0.25, -0.2) is 15.0 Å². The number of anilines is 1. The first kappa shape index (κ1) is 16.2. The van der Waals surface area contributed by atoms with E-state index >= 15 is 0 Å². The molecule has 8 heteroatoms. The average Bonchev–Trinajstić information content (AvgIpc) is 3.25. The van der Waals surface area contributed by atoms with Gasteiger partial charge in [0, 0.05) is 11.4 Å². The van der Waals surface area contributed by atoms with Gasteiger partial charge in [-0.15, -0.1) is 11.3 Å². The Morgan fingerprint density at radius 3 is 2.58 bits per heavy atom. The third-order valence-corrected chi connectivity index (χ3v) is 4.66. The first-order valence-corrected chi connectivity index (χ1v) is 8.74. The Hall–Kier alpha value is -3.26. The fraction of sp³-hybridized carbons (Fsp3) is 0.111. The summed E-state index contributed by atoms with van der Waals surface area (Å²) in [7, 11) is 0. The summed E-state index contributed by atoms with van der Waals surface area (Å²) >= 11 is 1.52. The summed E-state index contributed by atoms with van der Waals surface area (Å²) < 4.78 is 6.72. The molecule has 0 atom stereocenters. The number of thiazole rings is 1. The van der Waals surface area contributed by atoms with Crippen molar-refractivity contribution in [3.05, 3.63) is 59.6 Å². The highest BCUT2D eigenvalue weighted by Crippen LogP contribution is 2.31. The number of hydrazine groups is 1. The number of amides is 1. The lowest BCUT2D eigenvalue weighted by atomic mass is 10.3. The molecule has 4 aromatic rings. The van der Waals surface area contributed by atoms with Crippen molar-refractivity contribution in [2.24, 2.45) is 0 Å². The lowest BCUT2D eigenvalue weighted by Crippen LogP contribution is -2.30. The summed E-state index contributed by atoms with van der Waals surface area (Å²) in [5.74, 6) is 0.643. The lowest BCUT2D eigenvalue weighted by Gasteiger charge is -2.06. The number of hydrogen-bond acceptors (Lipinski definition) is 7. The van der Waals surface area contributed by atoms with Crippen LogP contribution in [0.2, 0.25) is 0 Å². The maximum atomic E-state index is 12.3. The van der Waals surface area contributed by atoms with E-state index in [1.807, 2.05) is 44.2 Å². The smallest absolute Gasteiger partial charge is 0.305 e. The highest BCUT2D eigenvalue weighted by atomic mass is 32.1. The fourth-order valence-electron chi connectivity index (χ4n) is 2.51. The second-order valence-corrected chi connectivity index (χ2v) is 6.73. The van der Waals surface area contributed by atoms with Crippen molar-refractivity contribution < 1.29 is 9.21 Å². The van der Waals surface area contributed by atoms with E-state index in [0.29, 0.717) is 11.7 Å². The van der Waals surface area contributed by atoms with E-state index in [2.05, 4.69) is 25.8 Å². The van der Waals surface area contributed by atoms with Gasteiger partial charge in [-0.05, 0) is 44.2 Å². The van der Waals surface area contributed by atoms with Gasteiger partial charge in [0.15, 0.2) is 16.5 Å². The number of aromatic nitrogens is 3. The predicted octanol–water partition coefficient (Wildman–Crippen LogP) is 3.72. The van der Waals surface area contributed by atoms with Crippen LogP contribution in [0.5, 0.6) is 0 Å². The van der Waals surface area contributed by atoms with E-state index in [4.69, 9.17) is 4.42 Å². The van der Waals surface area contributed by atoms with Crippen molar-refractivity contribution >= 4 is 33.4 Å². The molecule has 130 valence electrons. The Morgan fingerprint density at radius 2 is 1.81 bits per heavy atom. The molecule has 0 radical (unpaired) electrons. The molecular formula is C18H15N5O2S. The Balaban J connectivity index is 1.49. The molecule has 3 aromatic heterocycles. The van der Waals surface area contributed by atoms with Gasteiger partial charge >= 0.3 is 5.91 Å². The molecule has 1 aromatic carbocycles. The van der Waals surface area contributed by atoms with Crippen LogP contribution in [0.1, 0.15) is 21.9 Å². The molecular weight excluding hydrogens is 350 g/mol. The average molecular weight is 365 g/mol. The molecule has 0 bridgehead atoms. The van der Waals surface area contributed by atoms with Crippen molar-refractivity contribution in [2.45, 2.75) is 13.8 Å². The summed E-state index contributed by atoms with van der Waals surface area (Å²) in [4.78, 5) is 25.2. The minimum Gasteiger partial charge on any atom is -0.448 e. The highest BCUT2D eigenvalue weighted by molar-refractivity contribution is 7.21. The van der Waals surface area contributed by atoms with E-state index in [0.717, 1.165) is 26.6 Å². The number of hydrogen-bond donors (Lipinski definition) is 2. The molecule has 4 rings (SSSR count). The van der Waals surface area contributed by atoms with Crippen LogP contribution in [-0.4, -0.2) is 20.9 Å². The van der Waals surface area contributed by atoms with Crippen molar-refractivity contribution in [1.82, 2.24) is 20.4 Å². The number of fused-ring (bicyclic) bond motifs is 1. The normalized spacial score (nSPS) is 10.8. The standard InChI is InChI=1S/C18H15N5O2S/c1-10-9-11(2)20-18(19-10)23-22-16(24)13-7-8-14(25-13)17-21-12-5-3-4-6-15(12)26-17/h3-9H,1-2H3,(H,22,24)(H,19,20,23). The molecule has 2 N–H and O–H groups in total. The van der Waals surface area contributed by atoms with Crippen LogP contribution in [-0.2, 0) is 0 Å². The van der Waals surface area contributed by atoms with E-state index < -0.39 is 5.91 Å². The summed E-state index contributed by atoms with van der Waals surface area (Å²) in [5.41, 5.74) is 7.76. The van der Waals surface area contributed by atoms with E-state index in [1.54, 1.807) is 12.1 Å². The molecule has 0 saturated heterocycles. The first-order chi connectivity index (χ1) is 12.6. The summed E-state index contributed by atoms with van der Waals surface area (Å²) in [5, 5.41) is 0.732. The van der Waals surface area contributed by atoms with Crippen molar-refractivity contribution in [3.8, 4) is 10.8 Å². The zero-order valence-electron chi connectivity index (χ0n) is 14.1. The third-order valence-electron chi connectivity index (χ3n) is 3.60. The van der Waals surface area contributed by atoms with Crippen LogP contribution < -0.4 is 10.9 Å². The molecule has 0 aliphatic heterocycles. The molecule has 1 amide bonds. The van der Waals surface area contributed by atoms with E-state index in [-0.39, 0.29) is 5.76 Å². The molecule has 0 fully saturated rings. The fourth-order valence-corrected chi connectivity index (χ4v) is 3.44. The maximum Gasteiger partial charge on any atom is 0.305 e. The largest absolute Gasteiger partial charge is 0.448 e. The molecule has 0 aliphatic rings.